The van der Waals surface area contributed by atoms with Crippen molar-refractivity contribution in [3.8, 4) is 0 Å². The Kier molecular flexibility index (Phi) is 3.96. The minimum absolute atomic E-state index is 0.151. The maximum Gasteiger partial charge on any atom is 0.320 e. The first-order chi connectivity index (χ1) is 8.25. The van der Waals surface area contributed by atoms with E-state index in [0.717, 1.165) is 6.42 Å². The van der Waals surface area contributed by atoms with Crippen LogP contribution in [0, 0.1) is 5.92 Å². The normalized spacial score (nSPS) is 24.1. The number of aromatic nitrogens is 1. The number of hydrogen-bond donors (Lipinski definition) is 2. The van der Waals surface area contributed by atoms with Gasteiger partial charge >= 0.3 is 6.03 Å². The average molecular weight is 233 g/mol. The highest BCUT2D eigenvalue weighted by atomic mass is 16.2. The van der Waals surface area contributed by atoms with Crippen LogP contribution in [0.25, 0.3) is 0 Å². The van der Waals surface area contributed by atoms with Gasteiger partial charge in [0.1, 0.15) is 5.82 Å². The minimum atomic E-state index is -0.151. The van der Waals surface area contributed by atoms with Crippen molar-refractivity contribution in [3.63, 3.8) is 0 Å². The molecule has 92 valence electrons. The minimum Gasteiger partial charge on any atom is -0.335 e. The zero-order valence-corrected chi connectivity index (χ0v) is 10.1. The lowest BCUT2D eigenvalue weighted by molar-refractivity contribution is 0.232. The summed E-state index contributed by atoms with van der Waals surface area (Å²) in [7, 11) is 0. The number of carbonyl (C=O) groups is 1. The lowest BCUT2D eigenvalue weighted by atomic mass is 9.86. The van der Waals surface area contributed by atoms with E-state index in [4.69, 9.17) is 0 Å². The lowest BCUT2D eigenvalue weighted by Crippen LogP contribution is -2.43. The molecule has 1 fully saturated rings. The second kappa shape index (κ2) is 5.66. The maximum atomic E-state index is 11.8. The van der Waals surface area contributed by atoms with Crippen molar-refractivity contribution in [1.82, 2.24) is 10.3 Å². The van der Waals surface area contributed by atoms with Gasteiger partial charge in [-0.25, -0.2) is 9.78 Å². The van der Waals surface area contributed by atoms with Crippen molar-refractivity contribution in [2.75, 3.05) is 5.32 Å². The predicted molar refractivity (Wildman–Crippen MR) is 67.8 cm³/mol. The van der Waals surface area contributed by atoms with Crippen LogP contribution in [0.4, 0.5) is 10.6 Å². The Morgan fingerprint density at radius 3 is 2.88 bits per heavy atom. The average Bonchev–Trinajstić information content (AvgIpc) is 2.33. The first kappa shape index (κ1) is 11.9. The Balaban J connectivity index is 1.84. The SMILES string of the molecule is C[C@@H]1CCCC[C@@H]1NC(=O)Nc1ccccn1. The van der Waals surface area contributed by atoms with E-state index in [1.54, 1.807) is 12.3 Å². The number of amides is 2. The number of nitrogens with one attached hydrogen (secondary N) is 2. The summed E-state index contributed by atoms with van der Waals surface area (Å²) in [6.07, 6.45) is 6.43. The van der Waals surface area contributed by atoms with Crippen LogP contribution in [0.15, 0.2) is 24.4 Å². The Hall–Kier alpha value is -1.58. The van der Waals surface area contributed by atoms with E-state index in [0.29, 0.717) is 17.8 Å². The fraction of sp³-hybridized carbons (Fsp3) is 0.538. The van der Waals surface area contributed by atoms with Crippen LogP contribution in [0.5, 0.6) is 0 Å². The molecule has 1 heterocycles. The van der Waals surface area contributed by atoms with Crippen molar-refractivity contribution < 1.29 is 4.79 Å². The summed E-state index contributed by atoms with van der Waals surface area (Å²) < 4.78 is 0. The van der Waals surface area contributed by atoms with Gasteiger partial charge in [-0.15, -0.1) is 0 Å². The van der Waals surface area contributed by atoms with Gasteiger partial charge in [0.15, 0.2) is 0 Å². The molecule has 0 unspecified atom stereocenters. The molecule has 2 N–H and O–H groups in total. The summed E-state index contributed by atoms with van der Waals surface area (Å²) in [5, 5.41) is 5.78. The van der Waals surface area contributed by atoms with Gasteiger partial charge in [0.25, 0.3) is 0 Å². The number of urea groups is 1. The molecule has 2 rings (SSSR count). The standard InChI is InChI=1S/C13H19N3O/c1-10-6-2-3-7-11(10)15-13(17)16-12-8-4-5-9-14-12/h4-5,8-11H,2-3,6-7H2,1H3,(H2,14,15,16,17)/t10-,11+/m1/s1. The van der Waals surface area contributed by atoms with Gasteiger partial charge in [0.05, 0.1) is 0 Å². The van der Waals surface area contributed by atoms with E-state index in [1.165, 1.54) is 19.3 Å². The molecule has 4 heteroatoms. The largest absolute Gasteiger partial charge is 0.335 e. The third kappa shape index (κ3) is 3.44. The van der Waals surface area contributed by atoms with Crippen molar-refractivity contribution in [2.24, 2.45) is 5.92 Å². The van der Waals surface area contributed by atoms with Gasteiger partial charge in [-0.2, -0.15) is 0 Å². The van der Waals surface area contributed by atoms with Gasteiger partial charge in [0, 0.05) is 12.2 Å². The highest BCUT2D eigenvalue weighted by Crippen LogP contribution is 2.23. The second-order valence-corrected chi connectivity index (χ2v) is 4.68. The van der Waals surface area contributed by atoms with Crippen LogP contribution in [0.3, 0.4) is 0 Å². The Morgan fingerprint density at radius 1 is 1.35 bits per heavy atom. The molecule has 1 saturated carbocycles. The molecule has 2 amide bonds. The van der Waals surface area contributed by atoms with E-state index in [-0.39, 0.29) is 6.03 Å². The Bertz CT molecular complexity index is 366. The Morgan fingerprint density at radius 2 is 2.18 bits per heavy atom. The van der Waals surface area contributed by atoms with Crippen molar-refractivity contribution in [2.45, 2.75) is 38.6 Å². The molecule has 1 aliphatic rings. The highest BCUT2D eigenvalue weighted by molar-refractivity contribution is 5.88. The molecule has 2 atom stereocenters. The Labute approximate surface area is 102 Å². The summed E-state index contributed by atoms with van der Waals surface area (Å²) in [4.78, 5) is 15.8. The molecule has 0 radical (unpaired) electrons. The summed E-state index contributed by atoms with van der Waals surface area (Å²) in [5.74, 6) is 1.16. The van der Waals surface area contributed by atoms with Crippen molar-refractivity contribution in [1.29, 1.82) is 0 Å². The number of anilines is 1. The third-order valence-electron chi connectivity index (χ3n) is 3.33. The molecule has 0 aliphatic heterocycles. The highest BCUT2D eigenvalue weighted by Gasteiger charge is 2.22. The second-order valence-electron chi connectivity index (χ2n) is 4.68. The quantitative estimate of drug-likeness (QED) is 0.825. The first-order valence-electron chi connectivity index (χ1n) is 6.24. The van der Waals surface area contributed by atoms with E-state index in [1.807, 2.05) is 12.1 Å². The van der Waals surface area contributed by atoms with Crippen LogP contribution in [-0.4, -0.2) is 17.1 Å². The van der Waals surface area contributed by atoms with Crippen LogP contribution in [0.1, 0.15) is 32.6 Å². The van der Waals surface area contributed by atoms with Gasteiger partial charge in [-0.1, -0.05) is 25.8 Å². The van der Waals surface area contributed by atoms with Crippen LogP contribution >= 0.6 is 0 Å². The zero-order valence-electron chi connectivity index (χ0n) is 10.1. The lowest BCUT2D eigenvalue weighted by Gasteiger charge is -2.29. The molecule has 0 bridgehead atoms. The van der Waals surface area contributed by atoms with Crippen molar-refractivity contribution in [3.05, 3.63) is 24.4 Å². The molecule has 0 aromatic carbocycles. The number of hydrogen-bond acceptors (Lipinski definition) is 2. The summed E-state index contributed by atoms with van der Waals surface area (Å²) >= 11 is 0. The van der Waals surface area contributed by atoms with Crippen LogP contribution < -0.4 is 10.6 Å². The molecule has 4 nitrogen and oxygen atoms in total. The number of nitrogens with zero attached hydrogens (tertiary/aromatic N) is 1. The molecule has 17 heavy (non-hydrogen) atoms. The molecule has 0 spiro atoms. The van der Waals surface area contributed by atoms with Gasteiger partial charge in [-0.05, 0) is 30.9 Å². The van der Waals surface area contributed by atoms with Gasteiger partial charge < -0.3 is 5.32 Å². The van der Waals surface area contributed by atoms with Crippen LogP contribution in [-0.2, 0) is 0 Å². The fourth-order valence-corrected chi connectivity index (χ4v) is 2.29. The maximum absolute atomic E-state index is 11.8. The monoisotopic (exact) mass is 233 g/mol. The molecular weight excluding hydrogens is 214 g/mol. The van der Waals surface area contributed by atoms with Gasteiger partial charge in [0.2, 0.25) is 0 Å². The molecule has 1 aliphatic carbocycles. The third-order valence-corrected chi connectivity index (χ3v) is 3.33. The number of carbonyl (C=O) groups excluding carboxylic acids is 1. The zero-order chi connectivity index (χ0) is 12.1. The summed E-state index contributed by atoms with van der Waals surface area (Å²) in [5.41, 5.74) is 0. The van der Waals surface area contributed by atoms with E-state index < -0.39 is 0 Å². The van der Waals surface area contributed by atoms with E-state index in [9.17, 15) is 4.79 Å². The smallest absolute Gasteiger partial charge is 0.320 e. The summed E-state index contributed by atoms with van der Waals surface area (Å²) in [6.45, 7) is 2.20. The van der Waals surface area contributed by atoms with E-state index in [2.05, 4.69) is 22.5 Å². The number of rotatable bonds is 2. The molecule has 0 saturated heterocycles. The topological polar surface area (TPSA) is 54.0 Å². The van der Waals surface area contributed by atoms with Crippen LogP contribution in [0.2, 0.25) is 0 Å². The molecule has 1 aromatic rings. The van der Waals surface area contributed by atoms with Gasteiger partial charge in [-0.3, -0.25) is 5.32 Å². The molecular formula is C13H19N3O. The predicted octanol–water partition coefficient (Wildman–Crippen LogP) is 2.78. The molecule has 1 aromatic heterocycles. The fourth-order valence-electron chi connectivity index (χ4n) is 2.29. The number of pyridine rings is 1. The van der Waals surface area contributed by atoms with E-state index >= 15 is 0 Å². The summed E-state index contributed by atoms with van der Waals surface area (Å²) in [6, 6.07) is 5.61. The van der Waals surface area contributed by atoms with Crippen molar-refractivity contribution >= 4 is 11.8 Å². The first-order valence-corrected chi connectivity index (χ1v) is 6.24.